The molecule has 0 radical (unpaired) electrons. The first-order valence-electron chi connectivity index (χ1n) is 11.8. The number of nitrogens with zero attached hydrogens (tertiary/aromatic N) is 1. The van der Waals surface area contributed by atoms with Crippen LogP contribution in [0.2, 0.25) is 0 Å². The number of benzene rings is 3. The molecular formula is C28H30FNO6S. The van der Waals surface area contributed by atoms with Crippen molar-refractivity contribution < 1.29 is 31.3 Å². The van der Waals surface area contributed by atoms with Gasteiger partial charge in [-0.2, -0.15) is 8.42 Å². The lowest BCUT2D eigenvalue weighted by Gasteiger charge is -2.25. The molecule has 0 fully saturated rings. The van der Waals surface area contributed by atoms with Crippen molar-refractivity contribution in [3.63, 3.8) is 0 Å². The second kappa shape index (κ2) is 12.0. The Labute approximate surface area is 217 Å². The summed E-state index contributed by atoms with van der Waals surface area (Å²) in [4.78, 5) is 26.6. The van der Waals surface area contributed by atoms with E-state index in [1.54, 1.807) is 36.9 Å². The number of carbonyl (C=O) groups excluding carboxylic acids is 2. The van der Waals surface area contributed by atoms with Gasteiger partial charge in [0.05, 0.1) is 17.2 Å². The molecular weight excluding hydrogens is 497 g/mol. The van der Waals surface area contributed by atoms with Crippen molar-refractivity contribution in [3.8, 4) is 5.75 Å². The van der Waals surface area contributed by atoms with Gasteiger partial charge in [0.1, 0.15) is 16.5 Å². The first kappa shape index (κ1) is 27.9. The molecule has 0 bridgehead atoms. The quantitative estimate of drug-likeness (QED) is 0.257. The summed E-state index contributed by atoms with van der Waals surface area (Å²) in [5, 5.41) is 0. The van der Waals surface area contributed by atoms with Crippen LogP contribution in [0.1, 0.15) is 54.0 Å². The van der Waals surface area contributed by atoms with Gasteiger partial charge in [-0.3, -0.25) is 4.79 Å². The van der Waals surface area contributed by atoms with Crippen LogP contribution >= 0.6 is 0 Å². The lowest BCUT2D eigenvalue weighted by molar-refractivity contribution is 0.0372. The average molecular weight is 528 g/mol. The molecule has 37 heavy (non-hydrogen) atoms. The fourth-order valence-electron chi connectivity index (χ4n) is 3.64. The molecule has 3 aromatic carbocycles. The topological polar surface area (TPSA) is 90.0 Å². The van der Waals surface area contributed by atoms with Crippen LogP contribution in [0.15, 0.2) is 77.7 Å². The highest BCUT2D eigenvalue weighted by Crippen LogP contribution is 2.24. The van der Waals surface area contributed by atoms with Crippen LogP contribution in [0.3, 0.4) is 0 Å². The van der Waals surface area contributed by atoms with Crippen LogP contribution in [0, 0.1) is 11.7 Å². The molecule has 0 saturated heterocycles. The summed E-state index contributed by atoms with van der Waals surface area (Å²) < 4.78 is 50.6. The van der Waals surface area contributed by atoms with Crippen molar-refractivity contribution in [3.05, 3.63) is 95.3 Å². The molecule has 1 amide bonds. The largest absolute Gasteiger partial charge is 0.459 e. The maximum absolute atomic E-state index is 14.2. The van der Waals surface area contributed by atoms with Gasteiger partial charge in [0.15, 0.2) is 0 Å². The zero-order valence-electron chi connectivity index (χ0n) is 21.2. The van der Waals surface area contributed by atoms with Crippen LogP contribution in [0.4, 0.5) is 4.39 Å². The van der Waals surface area contributed by atoms with Gasteiger partial charge in [-0.1, -0.05) is 50.2 Å². The highest BCUT2D eigenvalue weighted by molar-refractivity contribution is 7.87. The molecule has 0 aliphatic carbocycles. The monoisotopic (exact) mass is 527 g/mol. The Morgan fingerprint density at radius 2 is 1.46 bits per heavy atom. The highest BCUT2D eigenvalue weighted by atomic mass is 32.2. The van der Waals surface area contributed by atoms with Crippen LogP contribution in [0.5, 0.6) is 5.75 Å². The normalized spacial score (nSPS) is 11.4. The average Bonchev–Trinajstić information content (AvgIpc) is 2.84. The summed E-state index contributed by atoms with van der Waals surface area (Å²) >= 11 is 0. The van der Waals surface area contributed by atoms with E-state index < -0.39 is 33.9 Å². The highest BCUT2D eigenvalue weighted by Gasteiger charge is 2.26. The summed E-state index contributed by atoms with van der Waals surface area (Å²) in [6, 6.07) is 17.7. The molecule has 0 N–H and O–H groups in total. The molecule has 196 valence electrons. The Morgan fingerprint density at radius 1 is 0.865 bits per heavy atom. The second-order valence-corrected chi connectivity index (χ2v) is 10.7. The van der Waals surface area contributed by atoms with Crippen molar-refractivity contribution in [2.75, 3.05) is 6.54 Å². The molecule has 0 unspecified atom stereocenters. The summed E-state index contributed by atoms with van der Waals surface area (Å²) in [5.74, 6) is -1.61. The molecule has 0 heterocycles. The lowest BCUT2D eigenvalue weighted by atomic mass is 10.1. The van der Waals surface area contributed by atoms with E-state index in [0.717, 1.165) is 0 Å². The zero-order valence-corrected chi connectivity index (χ0v) is 22.0. The molecule has 7 nitrogen and oxygen atoms in total. The van der Waals surface area contributed by atoms with E-state index in [-0.39, 0.29) is 34.2 Å². The van der Waals surface area contributed by atoms with Gasteiger partial charge in [-0.05, 0) is 61.7 Å². The van der Waals surface area contributed by atoms with Gasteiger partial charge >= 0.3 is 16.1 Å². The minimum Gasteiger partial charge on any atom is -0.459 e. The number of amides is 1. The van der Waals surface area contributed by atoms with Gasteiger partial charge < -0.3 is 13.8 Å². The van der Waals surface area contributed by atoms with E-state index in [9.17, 15) is 22.4 Å². The SMILES string of the molecule is CC(C)CN(Cc1ccc(OS(=O)(=O)c2ccccc2C(=O)OC(C)C)cc1)C(=O)c1ccccc1F. The van der Waals surface area contributed by atoms with E-state index in [1.165, 1.54) is 54.6 Å². The van der Waals surface area contributed by atoms with Gasteiger partial charge in [0.2, 0.25) is 0 Å². The van der Waals surface area contributed by atoms with Gasteiger partial charge in [0, 0.05) is 13.1 Å². The summed E-state index contributed by atoms with van der Waals surface area (Å²) in [5.41, 5.74) is 0.573. The third-order valence-electron chi connectivity index (χ3n) is 5.20. The Morgan fingerprint density at radius 3 is 2.05 bits per heavy atom. The Kier molecular flexibility index (Phi) is 9.04. The molecule has 0 atom stereocenters. The molecule has 0 aromatic heterocycles. The predicted molar refractivity (Wildman–Crippen MR) is 137 cm³/mol. The van der Waals surface area contributed by atoms with E-state index in [1.807, 2.05) is 13.8 Å². The maximum atomic E-state index is 14.2. The summed E-state index contributed by atoms with van der Waals surface area (Å²) in [7, 11) is -4.34. The van der Waals surface area contributed by atoms with E-state index >= 15 is 0 Å². The number of hydrogen-bond donors (Lipinski definition) is 0. The van der Waals surface area contributed by atoms with Crippen molar-refractivity contribution in [1.82, 2.24) is 4.90 Å². The fourth-order valence-corrected chi connectivity index (χ4v) is 4.76. The summed E-state index contributed by atoms with van der Waals surface area (Å²) in [6.45, 7) is 7.85. The standard InChI is InChI=1S/C28H30FNO6S/c1-19(2)17-30(27(31)23-9-5-7-11-25(23)29)18-21-13-15-22(16-14-21)36-37(33,34)26-12-8-6-10-24(26)28(32)35-20(3)4/h5-16,19-20H,17-18H2,1-4H3. The lowest BCUT2D eigenvalue weighted by Crippen LogP contribution is -2.34. The smallest absolute Gasteiger partial charge is 0.340 e. The van der Waals surface area contributed by atoms with E-state index in [2.05, 4.69) is 0 Å². The van der Waals surface area contributed by atoms with Crippen molar-refractivity contribution in [2.45, 2.75) is 45.2 Å². The molecule has 0 aliphatic heterocycles. The van der Waals surface area contributed by atoms with E-state index in [4.69, 9.17) is 8.92 Å². The fraction of sp³-hybridized carbons (Fsp3) is 0.286. The molecule has 0 spiro atoms. The van der Waals surface area contributed by atoms with Crippen molar-refractivity contribution in [2.24, 2.45) is 5.92 Å². The molecule has 0 aliphatic rings. The Hall–Kier alpha value is -3.72. The Balaban J connectivity index is 1.79. The third-order valence-corrected chi connectivity index (χ3v) is 6.51. The third kappa shape index (κ3) is 7.39. The second-order valence-electron chi connectivity index (χ2n) is 9.19. The number of rotatable bonds is 10. The molecule has 0 saturated carbocycles. The minimum atomic E-state index is -4.34. The number of halogens is 1. The molecule has 9 heteroatoms. The molecule has 3 rings (SSSR count). The molecule has 3 aromatic rings. The predicted octanol–water partition coefficient (Wildman–Crippen LogP) is 5.46. The van der Waals surface area contributed by atoms with Gasteiger partial charge in [-0.15, -0.1) is 0 Å². The van der Waals surface area contributed by atoms with Crippen LogP contribution < -0.4 is 4.18 Å². The Bertz CT molecular complexity index is 1350. The van der Waals surface area contributed by atoms with Gasteiger partial charge in [-0.25, -0.2) is 9.18 Å². The zero-order chi connectivity index (χ0) is 27.2. The number of hydrogen-bond acceptors (Lipinski definition) is 6. The number of ether oxygens (including phenoxy) is 1. The first-order valence-corrected chi connectivity index (χ1v) is 13.3. The van der Waals surface area contributed by atoms with E-state index in [0.29, 0.717) is 12.1 Å². The summed E-state index contributed by atoms with van der Waals surface area (Å²) in [6.07, 6.45) is -0.419. The van der Waals surface area contributed by atoms with Crippen molar-refractivity contribution in [1.29, 1.82) is 0 Å². The number of esters is 1. The van der Waals surface area contributed by atoms with Crippen molar-refractivity contribution >= 4 is 22.0 Å². The maximum Gasteiger partial charge on any atom is 0.340 e. The van der Waals surface area contributed by atoms with Crippen LogP contribution in [0.25, 0.3) is 0 Å². The van der Waals surface area contributed by atoms with Crippen LogP contribution in [-0.2, 0) is 21.4 Å². The minimum absolute atomic E-state index is 0.0103. The number of carbonyl (C=O) groups is 2. The van der Waals surface area contributed by atoms with Crippen LogP contribution in [-0.4, -0.2) is 37.8 Å². The van der Waals surface area contributed by atoms with Gasteiger partial charge in [0.25, 0.3) is 5.91 Å². The first-order chi connectivity index (χ1) is 17.5.